The third-order valence-electron chi connectivity index (χ3n) is 1.65. The summed E-state index contributed by atoms with van der Waals surface area (Å²) in [7, 11) is 0. The summed E-state index contributed by atoms with van der Waals surface area (Å²) in [6.07, 6.45) is 0.973. The Balaban J connectivity index is 3.34. The largest absolute Gasteiger partial charge is 0.394 e. The lowest BCUT2D eigenvalue weighted by molar-refractivity contribution is -0.0336. The number of hydrogen-bond donors (Lipinski definition) is 2. The number of rotatable bonds is 6. The number of ether oxygens (including phenoxy) is 1. The summed E-state index contributed by atoms with van der Waals surface area (Å²) in [6.45, 7) is 4.20. The lowest BCUT2D eigenvalue weighted by atomic mass is 10.3. The van der Waals surface area contributed by atoms with Gasteiger partial charge in [-0.05, 0) is 12.8 Å². The summed E-state index contributed by atoms with van der Waals surface area (Å²) in [6, 6.07) is 0. The molecule has 0 rings (SSSR count). The minimum Gasteiger partial charge on any atom is -0.394 e. The molecule has 0 fully saturated rings. The van der Waals surface area contributed by atoms with Gasteiger partial charge in [0, 0.05) is 0 Å². The number of hydrogen-bond acceptors (Lipinski definition) is 3. The van der Waals surface area contributed by atoms with E-state index in [9.17, 15) is 0 Å². The van der Waals surface area contributed by atoms with E-state index in [0.717, 1.165) is 6.42 Å². The molecule has 0 aromatic rings. The van der Waals surface area contributed by atoms with E-state index in [1.807, 2.05) is 13.8 Å². The molecule has 68 valence electrons. The van der Waals surface area contributed by atoms with Crippen molar-refractivity contribution < 1.29 is 14.9 Å². The van der Waals surface area contributed by atoms with Crippen LogP contribution in [-0.4, -0.2) is 35.6 Å². The van der Waals surface area contributed by atoms with Crippen LogP contribution in [0.25, 0.3) is 0 Å². The third-order valence-corrected chi connectivity index (χ3v) is 1.65. The monoisotopic (exact) mass is 162 g/mol. The molecule has 0 saturated carbocycles. The van der Waals surface area contributed by atoms with Crippen LogP contribution >= 0.6 is 0 Å². The van der Waals surface area contributed by atoms with Gasteiger partial charge in [0.15, 0.2) is 0 Å². The second-order valence-electron chi connectivity index (χ2n) is 2.61. The average Bonchev–Trinajstić information content (AvgIpc) is 2.06. The Labute approximate surface area is 68.0 Å². The highest BCUT2D eigenvalue weighted by atomic mass is 16.5. The normalized spacial score (nSPS) is 16.4. The molecule has 0 radical (unpaired) electrons. The lowest BCUT2D eigenvalue weighted by Crippen LogP contribution is -2.23. The lowest BCUT2D eigenvalue weighted by Gasteiger charge is -2.15. The van der Waals surface area contributed by atoms with Crippen LogP contribution in [0.2, 0.25) is 0 Å². The first-order chi connectivity index (χ1) is 5.24. The van der Waals surface area contributed by atoms with Crippen molar-refractivity contribution in [1.82, 2.24) is 0 Å². The molecule has 11 heavy (non-hydrogen) atoms. The number of aliphatic hydroxyl groups excluding tert-OH is 2. The highest BCUT2D eigenvalue weighted by Crippen LogP contribution is 1.99. The van der Waals surface area contributed by atoms with E-state index in [-0.39, 0.29) is 12.7 Å². The third kappa shape index (κ3) is 5.18. The van der Waals surface area contributed by atoms with Crippen molar-refractivity contribution >= 4 is 0 Å². The average molecular weight is 162 g/mol. The molecule has 2 atom stereocenters. The predicted octanol–water partition coefficient (Wildman–Crippen LogP) is 0.545. The van der Waals surface area contributed by atoms with Gasteiger partial charge in [-0.25, -0.2) is 0 Å². The van der Waals surface area contributed by atoms with Crippen LogP contribution < -0.4 is 0 Å². The van der Waals surface area contributed by atoms with Crippen molar-refractivity contribution in [3.8, 4) is 0 Å². The van der Waals surface area contributed by atoms with E-state index in [0.29, 0.717) is 13.0 Å². The highest BCUT2D eigenvalue weighted by molar-refractivity contribution is 4.55. The van der Waals surface area contributed by atoms with Gasteiger partial charge in [-0.2, -0.15) is 0 Å². The van der Waals surface area contributed by atoms with Crippen LogP contribution in [-0.2, 0) is 4.74 Å². The summed E-state index contributed by atoms with van der Waals surface area (Å²) in [5.74, 6) is 0. The summed E-state index contributed by atoms with van der Waals surface area (Å²) < 4.78 is 5.19. The van der Waals surface area contributed by atoms with Crippen molar-refractivity contribution in [2.45, 2.75) is 38.9 Å². The maximum Gasteiger partial charge on any atom is 0.0804 e. The van der Waals surface area contributed by atoms with Gasteiger partial charge < -0.3 is 14.9 Å². The Bertz CT molecular complexity index is 81.4. The van der Waals surface area contributed by atoms with Crippen LogP contribution in [0.1, 0.15) is 26.7 Å². The predicted molar refractivity (Wildman–Crippen MR) is 43.4 cm³/mol. The van der Waals surface area contributed by atoms with Crippen molar-refractivity contribution in [1.29, 1.82) is 0 Å². The molecule has 0 bridgehead atoms. The first kappa shape index (κ1) is 10.9. The van der Waals surface area contributed by atoms with E-state index in [4.69, 9.17) is 14.9 Å². The van der Waals surface area contributed by atoms with Gasteiger partial charge in [0.25, 0.3) is 0 Å². The first-order valence-electron chi connectivity index (χ1n) is 4.15. The Morgan fingerprint density at radius 3 is 2.27 bits per heavy atom. The van der Waals surface area contributed by atoms with Gasteiger partial charge in [0.05, 0.1) is 25.4 Å². The standard InChI is InChI=1S/C8H18O3/c1-3-7(10)6-11-8(4-2)5-9/h7-10H,3-6H2,1-2H3. The molecular weight excluding hydrogens is 144 g/mol. The fraction of sp³-hybridized carbons (Fsp3) is 1.00. The summed E-state index contributed by atoms with van der Waals surface area (Å²) >= 11 is 0. The van der Waals surface area contributed by atoms with Crippen molar-refractivity contribution in [2.75, 3.05) is 13.2 Å². The van der Waals surface area contributed by atoms with E-state index >= 15 is 0 Å². The maximum absolute atomic E-state index is 9.09. The fourth-order valence-electron chi connectivity index (χ4n) is 0.665. The van der Waals surface area contributed by atoms with Gasteiger partial charge in [-0.15, -0.1) is 0 Å². The molecule has 3 nitrogen and oxygen atoms in total. The zero-order valence-corrected chi connectivity index (χ0v) is 7.29. The molecule has 0 aromatic heterocycles. The minimum absolute atomic E-state index is 0.0347. The zero-order chi connectivity index (χ0) is 8.69. The molecule has 0 amide bonds. The second-order valence-corrected chi connectivity index (χ2v) is 2.61. The van der Waals surface area contributed by atoms with E-state index in [2.05, 4.69) is 0 Å². The zero-order valence-electron chi connectivity index (χ0n) is 7.29. The van der Waals surface area contributed by atoms with Crippen LogP contribution in [0.4, 0.5) is 0 Å². The Morgan fingerprint density at radius 2 is 1.91 bits per heavy atom. The van der Waals surface area contributed by atoms with E-state index in [1.54, 1.807) is 0 Å². The Hall–Kier alpha value is -0.120. The van der Waals surface area contributed by atoms with Crippen molar-refractivity contribution in [3.05, 3.63) is 0 Å². The van der Waals surface area contributed by atoms with Crippen LogP contribution in [0.15, 0.2) is 0 Å². The molecular formula is C8H18O3. The van der Waals surface area contributed by atoms with Crippen molar-refractivity contribution in [3.63, 3.8) is 0 Å². The van der Waals surface area contributed by atoms with Gasteiger partial charge in [0.2, 0.25) is 0 Å². The van der Waals surface area contributed by atoms with Crippen LogP contribution in [0, 0.1) is 0 Å². The molecule has 0 aliphatic carbocycles. The second kappa shape index (κ2) is 6.58. The first-order valence-corrected chi connectivity index (χ1v) is 4.15. The summed E-state index contributed by atoms with van der Waals surface area (Å²) in [4.78, 5) is 0. The van der Waals surface area contributed by atoms with E-state index < -0.39 is 6.10 Å². The summed E-state index contributed by atoms with van der Waals surface area (Å²) in [5.41, 5.74) is 0. The van der Waals surface area contributed by atoms with Crippen LogP contribution in [0.3, 0.4) is 0 Å². The molecule has 0 spiro atoms. The molecule has 2 unspecified atom stereocenters. The molecule has 0 heterocycles. The smallest absolute Gasteiger partial charge is 0.0804 e. The minimum atomic E-state index is -0.393. The molecule has 0 aromatic carbocycles. The fourth-order valence-corrected chi connectivity index (χ4v) is 0.665. The molecule has 0 aliphatic rings. The maximum atomic E-state index is 9.09. The Morgan fingerprint density at radius 1 is 1.27 bits per heavy atom. The highest BCUT2D eigenvalue weighted by Gasteiger charge is 2.07. The topological polar surface area (TPSA) is 49.7 Å². The Kier molecular flexibility index (Phi) is 6.51. The molecule has 3 heteroatoms. The molecule has 2 N–H and O–H groups in total. The van der Waals surface area contributed by atoms with Gasteiger partial charge in [-0.3, -0.25) is 0 Å². The van der Waals surface area contributed by atoms with E-state index in [1.165, 1.54) is 0 Å². The van der Waals surface area contributed by atoms with Gasteiger partial charge in [-0.1, -0.05) is 13.8 Å². The van der Waals surface area contributed by atoms with Crippen molar-refractivity contribution in [2.24, 2.45) is 0 Å². The SMILES string of the molecule is CCC(O)COC(CC)CO. The molecule has 0 saturated heterocycles. The van der Waals surface area contributed by atoms with Gasteiger partial charge in [0.1, 0.15) is 0 Å². The van der Waals surface area contributed by atoms with Crippen LogP contribution in [0.5, 0.6) is 0 Å². The summed E-state index contributed by atoms with van der Waals surface area (Å²) in [5, 5.41) is 17.8. The quantitative estimate of drug-likeness (QED) is 0.599. The van der Waals surface area contributed by atoms with Gasteiger partial charge >= 0.3 is 0 Å². The number of aliphatic hydroxyl groups is 2. The molecule has 0 aliphatic heterocycles.